The van der Waals surface area contributed by atoms with Crippen LogP contribution in [0, 0.1) is 6.92 Å². The van der Waals surface area contributed by atoms with E-state index in [2.05, 4.69) is 0 Å². The summed E-state index contributed by atoms with van der Waals surface area (Å²) in [5, 5.41) is 28.4. The largest absolute Gasteiger partial charge is 0.478 e. The van der Waals surface area contributed by atoms with Crippen LogP contribution in [0.25, 0.3) is 0 Å². The summed E-state index contributed by atoms with van der Waals surface area (Å²) in [5.74, 6) is -1.86. The van der Waals surface area contributed by atoms with Crippen molar-refractivity contribution in [1.82, 2.24) is 0 Å². The van der Waals surface area contributed by atoms with Crippen molar-refractivity contribution in [2.75, 3.05) is 0 Å². The van der Waals surface area contributed by atoms with Crippen molar-refractivity contribution >= 4 is 11.9 Å². The SMILES string of the molecule is Cc1c(C(=O)O)cccc1C(O)C(O)CC(N)=O. The first kappa shape index (κ1) is 14.1. The van der Waals surface area contributed by atoms with Gasteiger partial charge in [-0.3, -0.25) is 4.79 Å². The maximum atomic E-state index is 10.9. The number of aromatic carboxylic acids is 1. The Morgan fingerprint density at radius 3 is 2.44 bits per heavy atom. The van der Waals surface area contributed by atoms with Gasteiger partial charge >= 0.3 is 5.97 Å². The third-order valence-corrected chi connectivity index (χ3v) is 2.70. The van der Waals surface area contributed by atoms with Gasteiger partial charge < -0.3 is 21.1 Å². The summed E-state index contributed by atoms with van der Waals surface area (Å²) in [4.78, 5) is 21.6. The number of aliphatic hydroxyl groups is 2. The minimum atomic E-state index is -1.36. The van der Waals surface area contributed by atoms with E-state index in [0.29, 0.717) is 5.56 Å². The second-order valence-corrected chi connectivity index (χ2v) is 4.01. The highest BCUT2D eigenvalue weighted by atomic mass is 16.4. The fourth-order valence-corrected chi connectivity index (χ4v) is 1.73. The summed E-state index contributed by atoms with van der Waals surface area (Å²) in [6.45, 7) is 1.53. The number of carbonyl (C=O) groups excluding carboxylic acids is 1. The predicted octanol–water partition coefficient (Wildman–Crippen LogP) is -0.0371. The molecule has 0 fully saturated rings. The van der Waals surface area contributed by atoms with Gasteiger partial charge in [0.1, 0.15) is 6.10 Å². The maximum absolute atomic E-state index is 10.9. The highest BCUT2D eigenvalue weighted by Crippen LogP contribution is 2.24. The Morgan fingerprint density at radius 1 is 1.33 bits per heavy atom. The summed E-state index contributed by atoms with van der Waals surface area (Å²) in [5.41, 5.74) is 5.58. The van der Waals surface area contributed by atoms with Gasteiger partial charge in [0.2, 0.25) is 5.91 Å². The Bertz CT molecular complexity index is 472. The third kappa shape index (κ3) is 3.06. The molecule has 1 rings (SSSR count). The topological polar surface area (TPSA) is 121 Å². The second-order valence-electron chi connectivity index (χ2n) is 4.01. The molecule has 18 heavy (non-hydrogen) atoms. The molecule has 2 atom stereocenters. The first-order chi connectivity index (χ1) is 8.34. The average molecular weight is 253 g/mol. The van der Waals surface area contributed by atoms with E-state index >= 15 is 0 Å². The molecule has 0 saturated heterocycles. The molecule has 0 spiro atoms. The number of amides is 1. The van der Waals surface area contributed by atoms with Crippen LogP contribution in [-0.2, 0) is 4.79 Å². The molecule has 0 radical (unpaired) electrons. The van der Waals surface area contributed by atoms with E-state index in [9.17, 15) is 19.8 Å². The van der Waals surface area contributed by atoms with Crippen LogP contribution in [-0.4, -0.2) is 33.3 Å². The average Bonchev–Trinajstić information content (AvgIpc) is 2.27. The molecule has 0 saturated carbocycles. The van der Waals surface area contributed by atoms with Gasteiger partial charge in [-0.05, 0) is 24.1 Å². The summed E-state index contributed by atoms with van der Waals surface area (Å²) in [6, 6.07) is 4.36. The van der Waals surface area contributed by atoms with Gasteiger partial charge in [0.15, 0.2) is 0 Å². The monoisotopic (exact) mass is 253 g/mol. The molecule has 5 N–H and O–H groups in total. The summed E-state index contributed by atoms with van der Waals surface area (Å²) >= 11 is 0. The standard InChI is InChI=1S/C12H15NO5/c1-6-7(3-2-4-8(6)12(17)18)11(16)9(14)5-10(13)15/h2-4,9,11,14,16H,5H2,1H3,(H2,13,15)(H,17,18). The van der Waals surface area contributed by atoms with Crippen molar-refractivity contribution in [3.8, 4) is 0 Å². The van der Waals surface area contributed by atoms with Gasteiger partial charge in [-0.1, -0.05) is 12.1 Å². The Labute approximate surface area is 104 Å². The quantitative estimate of drug-likeness (QED) is 0.587. The van der Waals surface area contributed by atoms with E-state index in [1.165, 1.54) is 25.1 Å². The number of carboxylic acid groups (broad SMARTS) is 1. The van der Waals surface area contributed by atoms with E-state index in [4.69, 9.17) is 10.8 Å². The van der Waals surface area contributed by atoms with E-state index in [1.807, 2.05) is 0 Å². The van der Waals surface area contributed by atoms with Gasteiger partial charge in [0, 0.05) is 0 Å². The molecular weight excluding hydrogens is 238 g/mol. The zero-order chi connectivity index (χ0) is 13.9. The van der Waals surface area contributed by atoms with Crippen molar-refractivity contribution in [3.05, 3.63) is 34.9 Å². The number of aliphatic hydroxyl groups excluding tert-OH is 2. The number of carbonyl (C=O) groups is 2. The molecule has 0 aliphatic heterocycles. The Morgan fingerprint density at radius 2 is 1.94 bits per heavy atom. The number of hydrogen-bond donors (Lipinski definition) is 4. The number of nitrogens with two attached hydrogens (primary N) is 1. The first-order valence-corrected chi connectivity index (χ1v) is 5.31. The minimum absolute atomic E-state index is 0.0397. The molecule has 2 unspecified atom stereocenters. The molecule has 0 bridgehead atoms. The zero-order valence-electron chi connectivity index (χ0n) is 9.83. The van der Waals surface area contributed by atoms with Gasteiger partial charge in [-0.2, -0.15) is 0 Å². The van der Waals surface area contributed by atoms with Crippen molar-refractivity contribution < 1.29 is 24.9 Å². The molecule has 6 heteroatoms. The van der Waals surface area contributed by atoms with Gasteiger partial charge in [0.25, 0.3) is 0 Å². The van der Waals surface area contributed by atoms with Crippen LogP contribution >= 0.6 is 0 Å². The molecule has 0 aliphatic carbocycles. The molecule has 1 aromatic carbocycles. The molecule has 1 amide bonds. The van der Waals surface area contributed by atoms with Crippen molar-refractivity contribution in [3.63, 3.8) is 0 Å². The van der Waals surface area contributed by atoms with E-state index in [1.54, 1.807) is 0 Å². The predicted molar refractivity (Wildman–Crippen MR) is 62.9 cm³/mol. The second kappa shape index (κ2) is 5.61. The van der Waals surface area contributed by atoms with Crippen molar-refractivity contribution in [2.24, 2.45) is 5.73 Å². The van der Waals surface area contributed by atoms with E-state index in [-0.39, 0.29) is 11.1 Å². The Balaban J connectivity index is 3.06. The molecule has 98 valence electrons. The highest BCUT2D eigenvalue weighted by molar-refractivity contribution is 5.89. The fourth-order valence-electron chi connectivity index (χ4n) is 1.73. The first-order valence-electron chi connectivity index (χ1n) is 5.31. The lowest BCUT2D eigenvalue weighted by molar-refractivity contribution is -0.121. The maximum Gasteiger partial charge on any atom is 0.335 e. The van der Waals surface area contributed by atoms with Crippen molar-refractivity contribution in [1.29, 1.82) is 0 Å². The van der Waals surface area contributed by atoms with Crippen LogP contribution in [0.15, 0.2) is 18.2 Å². The van der Waals surface area contributed by atoms with Crippen molar-refractivity contribution in [2.45, 2.75) is 25.6 Å². The Hall–Kier alpha value is -1.92. The van der Waals surface area contributed by atoms with Crippen LogP contribution in [0.2, 0.25) is 0 Å². The third-order valence-electron chi connectivity index (χ3n) is 2.70. The summed E-state index contributed by atoms with van der Waals surface area (Å²) < 4.78 is 0. The lowest BCUT2D eigenvalue weighted by atomic mass is 9.94. The molecular formula is C12H15NO5. The van der Waals surface area contributed by atoms with E-state index in [0.717, 1.165) is 0 Å². The lowest BCUT2D eigenvalue weighted by Gasteiger charge is -2.19. The van der Waals surface area contributed by atoms with Gasteiger partial charge in [-0.25, -0.2) is 4.79 Å². The summed E-state index contributed by atoms with van der Waals surface area (Å²) in [6.07, 6.45) is -3.10. The lowest BCUT2D eigenvalue weighted by Crippen LogP contribution is -2.26. The highest BCUT2D eigenvalue weighted by Gasteiger charge is 2.23. The van der Waals surface area contributed by atoms with Gasteiger partial charge in [-0.15, -0.1) is 0 Å². The number of primary amides is 1. The van der Waals surface area contributed by atoms with Crippen LogP contribution in [0.5, 0.6) is 0 Å². The molecule has 6 nitrogen and oxygen atoms in total. The number of rotatable bonds is 5. The molecule has 0 aliphatic rings. The number of carboxylic acids is 1. The minimum Gasteiger partial charge on any atom is -0.478 e. The Kier molecular flexibility index (Phi) is 4.41. The molecule has 1 aromatic rings. The van der Waals surface area contributed by atoms with Gasteiger partial charge in [0.05, 0.1) is 18.1 Å². The number of benzene rings is 1. The van der Waals surface area contributed by atoms with Crippen LogP contribution in [0.3, 0.4) is 0 Å². The fraction of sp³-hybridized carbons (Fsp3) is 0.333. The van der Waals surface area contributed by atoms with E-state index < -0.39 is 30.5 Å². The van der Waals surface area contributed by atoms with Crippen LogP contribution in [0.1, 0.15) is 34.0 Å². The zero-order valence-corrected chi connectivity index (χ0v) is 9.83. The molecule has 0 aromatic heterocycles. The summed E-state index contributed by atoms with van der Waals surface area (Å²) in [7, 11) is 0. The smallest absolute Gasteiger partial charge is 0.335 e. The number of hydrogen-bond acceptors (Lipinski definition) is 4. The molecule has 0 heterocycles. The van der Waals surface area contributed by atoms with Crippen LogP contribution in [0.4, 0.5) is 0 Å². The normalized spacial score (nSPS) is 13.9. The van der Waals surface area contributed by atoms with Crippen LogP contribution < -0.4 is 5.73 Å².